The number of carbonyl (C=O) groups is 2. The highest BCUT2D eigenvalue weighted by Crippen LogP contribution is 2.39. The molecule has 0 spiro atoms. The van der Waals surface area contributed by atoms with E-state index in [-0.39, 0.29) is 11.4 Å². The first-order chi connectivity index (χ1) is 8.47. The van der Waals surface area contributed by atoms with Gasteiger partial charge in [0.05, 0.1) is 0 Å². The van der Waals surface area contributed by atoms with Gasteiger partial charge in [-0.1, -0.05) is 13.3 Å². The summed E-state index contributed by atoms with van der Waals surface area (Å²) in [7, 11) is 0. The minimum atomic E-state index is -0.978. The van der Waals surface area contributed by atoms with Crippen LogP contribution in [0.4, 0.5) is 4.79 Å². The van der Waals surface area contributed by atoms with E-state index in [9.17, 15) is 9.59 Å². The number of hydrogen-bond donors (Lipinski definition) is 3. The van der Waals surface area contributed by atoms with Crippen LogP contribution in [-0.4, -0.2) is 41.7 Å². The van der Waals surface area contributed by atoms with Crippen LogP contribution in [-0.2, 0) is 4.79 Å². The molecular weight excluding hydrogens is 252 g/mol. The maximum Gasteiger partial charge on any atom is 0.326 e. The second-order valence-corrected chi connectivity index (χ2v) is 6.15. The zero-order valence-corrected chi connectivity index (χ0v) is 11.8. The van der Waals surface area contributed by atoms with Crippen LogP contribution in [0, 0.1) is 5.41 Å². The maximum absolute atomic E-state index is 11.6. The lowest BCUT2D eigenvalue weighted by Crippen LogP contribution is -2.49. The molecule has 0 aromatic heterocycles. The largest absolute Gasteiger partial charge is 0.480 e. The molecule has 18 heavy (non-hydrogen) atoms. The highest BCUT2D eigenvalue weighted by molar-refractivity contribution is 7.98. The molecular formula is C12H22N2O3S. The van der Waals surface area contributed by atoms with E-state index in [0.29, 0.717) is 13.0 Å². The predicted octanol–water partition coefficient (Wildman–Crippen LogP) is 1.68. The van der Waals surface area contributed by atoms with E-state index in [4.69, 9.17) is 5.11 Å². The van der Waals surface area contributed by atoms with Crippen LogP contribution in [0.2, 0.25) is 0 Å². The van der Waals surface area contributed by atoms with Crippen LogP contribution in [0.25, 0.3) is 0 Å². The number of rotatable bonds is 7. The molecule has 0 aromatic carbocycles. The van der Waals surface area contributed by atoms with Crippen molar-refractivity contribution in [3.63, 3.8) is 0 Å². The fraction of sp³-hybridized carbons (Fsp3) is 0.833. The summed E-state index contributed by atoms with van der Waals surface area (Å²) >= 11 is 1.57. The number of hydrogen-bond acceptors (Lipinski definition) is 3. The second kappa shape index (κ2) is 6.87. The van der Waals surface area contributed by atoms with Crippen molar-refractivity contribution in [2.45, 2.75) is 38.6 Å². The summed E-state index contributed by atoms with van der Waals surface area (Å²) in [4.78, 5) is 22.6. The molecule has 0 bridgehead atoms. The van der Waals surface area contributed by atoms with E-state index in [0.717, 1.165) is 18.6 Å². The molecule has 0 radical (unpaired) electrons. The summed E-state index contributed by atoms with van der Waals surface area (Å²) in [6.07, 6.45) is 5.83. The van der Waals surface area contributed by atoms with E-state index in [1.807, 2.05) is 6.26 Å². The number of thioether (sulfide) groups is 1. The fourth-order valence-electron chi connectivity index (χ4n) is 1.95. The van der Waals surface area contributed by atoms with Crippen molar-refractivity contribution in [3.8, 4) is 0 Å². The Morgan fingerprint density at radius 2 is 2.11 bits per heavy atom. The Morgan fingerprint density at radius 1 is 1.44 bits per heavy atom. The molecule has 1 saturated carbocycles. The van der Waals surface area contributed by atoms with Crippen LogP contribution >= 0.6 is 11.8 Å². The number of carboxylic acid groups (broad SMARTS) is 1. The average Bonchev–Trinajstić information content (AvgIpc) is 2.29. The Bertz CT molecular complexity index is 306. The molecule has 1 rings (SSSR count). The van der Waals surface area contributed by atoms with E-state index in [2.05, 4.69) is 17.6 Å². The summed E-state index contributed by atoms with van der Waals surface area (Å²) in [5, 5.41) is 14.3. The number of carboxylic acids is 1. The zero-order chi connectivity index (χ0) is 13.6. The molecule has 5 nitrogen and oxygen atoms in total. The van der Waals surface area contributed by atoms with Gasteiger partial charge in [0.2, 0.25) is 0 Å². The minimum Gasteiger partial charge on any atom is -0.480 e. The molecule has 0 aliphatic heterocycles. The maximum atomic E-state index is 11.6. The molecule has 1 atom stereocenters. The average molecular weight is 274 g/mol. The van der Waals surface area contributed by atoms with Gasteiger partial charge in [-0.05, 0) is 36.7 Å². The Hall–Kier alpha value is -0.910. The number of aliphatic carboxylic acids is 1. The summed E-state index contributed by atoms with van der Waals surface area (Å²) in [5.41, 5.74) is 0.204. The van der Waals surface area contributed by atoms with Crippen molar-refractivity contribution in [2.24, 2.45) is 5.41 Å². The van der Waals surface area contributed by atoms with Gasteiger partial charge in [0.1, 0.15) is 6.04 Å². The van der Waals surface area contributed by atoms with Crippen LogP contribution in [0.15, 0.2) is 0 Å². The van der Waals surface area contributed by atoms with Crippen molar-refractivity contribution < 1.29 is 14.7 Å². The summed E-state index contributed by atoms with van der Waals surface area (Å²) < 4.78 is 0. The number of amides is 2. The lowest BCUT2D eigenvalue weighted by Gasteiger charge is -2.38. The van der Waals surface area contributed by atoms with Gasteiger partial charge in [0, 0.05) is 6.54 Å². The van der Waals surface area contributed by atoms with E-state index >= 15 is 0 Å². The van der Waals surface area contributed by atoms with Crippen molar-refractivity contribution in [3.05, 3.63) is 0 Å². The normalized spacial score (nSPS) is 18.6. The number of nitrogens with one attached hydrogen (secondary N) is 2. The third-order valence-corrected chi connectivity index (χ3v) is 4.09. The van der Waals surface area contributed by atoms with Gasteiger partial charge >= 0.3 is 12.0 Å². The Labute approximate surface area is 112 Å². The topological polar surface area (TPSA) is 78.4 Å². The molecule has 3 N–H and O–H groups in total. The summed E-state index contributed by atoms with van der Waals surface area (Å²) in [5.74, 6) is -0.261. The molecule has 104 valence electrons. The van der Waals surface area contributed by atoms with E-state index in [1.165, 1.54) is 6.42 Å². The Morgan fingerprint density at radius 3 is 2.56 bits per heavy atom. The Balaban J connectivity index is 2.29. The first-order valence-corrected chi connectivity index (χ1v) is 7.62. The highest BCUT2D eigenvalue weighted by atomic mass is 32.2. The highest BCUT2D eigenvalue weighted by Gasteiger charge is 2.32. The molecule has 1 fully saturated rings. The van der Waals surface area contributed by atoms with Gasteiger partial charge in [-0.2, -0.15) is 11.8 Å². The van der Waals surface area contributed by atoms with Gasteiger partial charge in [-0.25, -0.2) is 9.59 Å². The van der Waals surface area contributed by atoms with Gasteiger partial charge in [-0.3, -0.25) is 0 Å². The van der Waals surface area contributed by atoms with Gasteiger partial charge in [-0.15, -0.1) is 0 Å². The first kappa shape index (κ1) is 15.1. The van der Waals surface area contributed by atoms with Crippen LogP contribution in [0.3, 0.4) is 0 Å². The smallest absolute Gasteiger partial charge is 0.326 e. The molecule has 0 saturated heterocycles. The number of carbonyl (C=O) groups excluding carboxylic acids is 1. The fourth-order valence-corrected chi connectivity index (χ4v) is 2.42. The quantitative estimate of drug-likeness (QED) is 0.660. The standard InChI is InChI=1S/C12H22N2O3S/c1-12(5-3-6-12)8-13-11(17)14-9(10(15)16)4-7-18-2/h9H,3-8H2,1-2H3,(H,15,16)(H2,13,14,17)/t9-/m1/s1. The van der Waals surface area contributed by atoms with Crippen LogP contribution in [0.1, 0.15) is 32.6 Å². The monoisotopic (exact) mass is 274 g/mol. The van der Waals surface area contributed by atoms with Crippen molar-refractivity contribution in [1.82, 2.24) is 10.6 Å². The zero-order valence-electron chi connectivity index (χ0n) is 11.0. The summed E-state index contributed by atoms with van der Waals surface area (Å²) in [6, 6.07) is -1.18. The SMILES string of the molecule is CSCC[C@@H](NC(=O)NCC1(C)CCC1)C(=O)O. The minimum absolute atomic E-state index is 0.204. The first-order valence-electron chi connectivity index (χ1n) is 6.23. The molecule has 1 aliphatic carbocycles. The predicted molar refractivity (Wildman–Crippen MR) is 72.9 cm³/mol. The van der Waals surface area contributed by atoms with Gasteiger partial charge in [0.25, 0.3) is 0 Å². The van der Waals surface area contributed by atoms with E-state index < -0.39 is 12.0 Å². The number of urea groups is 1. The summed E-state index contributed by atoms with van der Waals surface area (Å²) in [6.45, 7) is 2.76. The van der Waals surface area contributed by atoms with Crippen LogP contribution in [0.5, 0.6) is 0 Å². The van der Waals surface area contributed by atoms with E-state index in [1.54, 1.807) is 11.8 Å². The van der Waals surface area contributed by atoms with Crippen LogP contribution < -0.4 is 10.6 Å². The molecule has 0 heterocycles. The molecule has 6 heteroatoms. The molecule has 0 unspecified atom stereocenters. The van der Waals surface area contributed by atoms with Gasteiger partial charge in [0.15, 0.2) is 0 Å². The third kappa shape index (κ3) is 4.76. The van der Waals surface area contributed by atoms with Crippen molar-refractivity contribution >= 4 is 23.8 Å². The molecule has 0 aromatic rings. The lowest BCUT2D eigenvalue weighted by molar-refractivity contribution is -0.139. The lowest BCUT2D eigenvalue weighted by atomic mass is 9.70. The van der Waals surface area contributed by atoms with Crippen molar-refractivity contribution in [1.29, 1.82) is 0 Å². The molecule has 1 aliphatic rings. The molecule has 2 amide bonds. The van der Waals surface area contributed by atoms with Gasteiger partial charge < -0.3 is 15.7 Å². The van der Waals surface area contributed by atoms with Crippen molar-refractivity contribution in [2.75, 3.05) is 18.6 Å². The third-order valence-electron chi connectivity index (χ3n) is 3.45. The second-order valence-electron chi connectivity index (χ2n) is 5.16. The Kier molecular flexibility index (Phi) is 5.78.